The number of carbonyl (C=O) groups is 1. The van der Waals surface area contributed by atoms with Gasteiger partial charge in [0, 0.05) is 46.6 Å². The number of hydrogen-bond acceptors (Lipinski definition) is 5. The van der Waals surface area contributed by atoms with Gasteiger partial charge in [-0.05, 0) is 42.8 Å². The number of sulfonamides is 1. The van der Waals surface area contributed by atoms with Crippen LogP contribution in [0.1, 0.15) is 17.9 Å². The summed E-state index contributed by atoms with van der Waals surface area (Å²) in [5.41, 5.74) is 3.36. The lowest BCUT2D eigenvalue weighted by Crippen LogP contribution is -2.30. The Morgan fingerprint density at radius 2 is 1.86 bits per heavy atom. The van der Waals surface area contributed by atoms with Crippen molar-refractivity contribution in [2.75, 3.05) is 6.26 Å². The molecule has 2 unspecified atom stereocenters. The molecule has 0 aliphatic heterocycles. The molecule has 1 aromatic carbocycles. The minimum atomic E-state index is -3.58. The summed E-state index contributed by atoms with van der Waals surface area (Å²) in [5, 5.41) is 5.34. The highest BCUT2D eigenvalue weighted by molar-refractivity contribution is 7.89. The van der Waals surface area contributed by atoms with Gasteiger partial charge < -0.3 is 0 Å². The molecule has 2 atom stereocenters. The SMILES string of the molecule is CS(=O)(=O)NC(=O)C1CC1c1cn(-c2ccc(Cl)cc2)nc1-c1ccncc1. The van der Waals surface area contributed by atoms with Crippen molar-refractivity contribution in [1.82, 2.24) is 19.5 Å². The van der Waals surface area contributed by atoms with Crippen molar-refractivity contribution in [2.45, 2.75) is 12.3 Å². The van der Waals surface area contributed by atoms with E-state index >= 15 is 0 Å². The van der Waals surface area contributed by atoms with Crippen molar-refractivity contribution in [2.24, 2.45) is 5.92 Å². The Labute approximate surface area is 167 Å². The third-order valence-electron chi connectivity index (χ3n) is 4.60. The normalized spacial score (nSPS) is 18.6. The van der Waals surface area contributed by atoms with Crippen LogP contribution in [0.2, 0.25) is 5.02 Å². The topological polar surface area (TPSA) is 94.0 Å². The largest absolute Gasteiger partial charge is 0.274 e. The summed E-state index contributed by atoms with van der Waals surface area (Å²) in [4.78, 5) is 16.3. The molecule has 1 N–H and O–H groups in total. The Kier molecular flexibility index (Phi) is 4.68. The summed E-state index contributed by atoms with van der Waals surface area (Å²) >= 11 is 5.97. The summed E-state index contributed by atoms with van der Waals surface area (Å²) in [7, 11) is -3.58. The van der Waals surface area contributed by atoms with Crippen molar-refractivity contribution in [1.29, 1.82) is 0 Å². The van der Waals surface area contributed by atoms with Gasteiger partial charge in [0.05, 0.1) is 17.6 Å². The third kappa shape index (κ3) is 3.93. The summed E-state index contributed by atoms with van der Waals surface area (Å²) in [6.45, 7) is 0. The zero-order chi connectivity index (χ0) is 19.9. The summed E-state index contributed by atoms with van der Waals surface area (Å²) in [5.74, 6) is -0.962. The van der Waals surface area contributed by atoms with Crippen LogP contribution in [0.25, 0.3) is 16.9 Å². The van der Waals surface area contributed by atoms with Crippen LogP contribution in [0.5, 0.6) is 0 Å². The number of rotatable bonds is 5. The van der Waals surface area contributed by atoms with Crippen molar-refractivity contribution < 1.29 is 13.2 Å². The van der Waals surface area contributed by atoms with Crippen LogP contribution in [0.4, 0.5) is 0 Å². The van der Waals surface area contributed by atoms with E-state index in [-0.39, 0.29) is 5.92 Å². The van der Waals surface area contributed by atoms with E-state index < -0.39 is 21.8 Å². The number of pyridine rings is 1. The maximum atomic E-state index is 12.2. The second-order valence-electron chi connectivity index (χ2n) is 6.78. The predicted molar refractivity (Wildman–Crippen MR) is 106 cm³/mol. The van der Waals surface area contributed by atoms with E-state index in [9.17, 15) is 13.2 Å². The van der Waals surface area contributed by atoms with Crippen molar-refractivity contribution in [3.05, 3.63) is 65.6 Å². The van der Waals surface area contributed by atoms with Gasteiger partial charge in [-0.2, -0.15) is 5.10 Å². The quantitative estimate of drug-likeness (QED) is 0.690. The maximum Gasteiger partial charge on any atom is 0.237 e. The van der Waals surface area contributed by atoms with Crippen LogP contribution in [-0.2, 0) is 14.8 Å². The molecule has 0 radical (unpaired) electrons. The molecule has 2 aromatic heterocycles. The van der Waals surface area contributed by atoms with Crippen LogP contribution in [-0.4, -0.2) is 35.3 Å². The summed E-state index contributed by atoms with van der Waals surface area (Å²) in [6.07, 6.45) is 6.80. The number of amides is 1. The molecular formula is C19H17ClN4O3S. The standard InChI is InChI=1S/C19H17ClN4O3S/c1-28(26,27)23-19(25)16-10-15(16)17-11-24(14-4-2-13(20)3-5-14)22-18(17)12-6-8-21-9-7-12/h2-9,11,15-16H,10H2,1H3,(H,23,25). The molecular weight excluding hydrogens is 400 g/mol. The van der Waals surface area contributed by atoms with Gasteiger partial charge >= 0.3 is 0 Å². The molecule has 1 amide bonds. The number of nitrogens with zero attached hydrogens (tertiary/aromatic N) is 3. The second kappa shape index (κ2) is 7.03. The number of carbonyl (C=O) groups excluding carboxylic acids is 1. The van der Waals surface area contributed by atoms with E-state index in [1.165, 1.54) is 0 Å². The van der Waals surface area contributed by atoms with Crippen LogP contribution in [0.15, 0.2) is 55.0 Å². The maximum absolute atomic E-state index is 12.2. The minimum absolute atomic E-state index is 0.0917. The van der Waals surface area contributed by atoms with Crippen molar-refractivity contribution in [3.8, 4) is 16.9 Å². The number of hydrogen-bond donors (Lipinski definition) is 1. The van der Waals surface area contributed by atoms with E-state index in [1.54, 1.807) is 29.2 Å². The number of aromatic nitrogens is 3. The Balaban J connectivity index is 1.70. The highest BCUT2D eigenvalue weighted by atomic mass is 35.5. The first kappa shape index (κ1) is 18.6. The van der Waals surface area contributed by atoms with Gasteiger partial charge in [-0.1, -0.05) is 11.6 Å². The lowest BCUT2D eigenvalue weighted by Gasteiger charge is -2.03. The molecule has 0 bridgehead atoms. The van der Waals surface area contributed by atoms with Gasteiger partial charge in [0.25, 0.3) is 0 Å². The first-order chi connectivity index (χ1) is 13.3. The lowest BCUT2D eigenvalue weighted by molar-refractivity contribution is -0.120. The van der Waals surface area contributed by atoms with Gasteiger partial charge in [0.2, 0.25) is 15.9 Å². The Morgan fingerprint density at radius 1 is 1.18 bits per heavy atom. The second-order valence-corrected chi connectivity index (χ2v) is 8.96. The molecule has 9 heteroatoms. The zero-order valence-corrected chi connectivity index (χ0v) is 16.5. The molecule has 144 valence electrons. The number of nitrogens with one attached hydrogen (secondary N) is 1. The molecule has 1 aliphatic rings. The highest BCUT2D eigenvalue weighted by Gasteiger charge is 2.46. The Hall–Kier alpha value is -2.71. The van der Waals surface area contributed by atoms with Gasteiger partial charge in [-0.3, -0.25) is 14.5 Å². The zero-order valence-electron chi connectivity index (χ0n) is 14.9. The van der Waals surface area contributed by atoms with E-state index in [0.29, 0.717) is 11.4 Å². The molecule has 28 heavy (non-hydrogen) atoms. The highest BCUT2D eigenvalue weighted by Crippen LogP contribution is 2.50. The molecule has 1 saturated carbocycles. The van der Waals surface area contributed by atoms with Crippen LogP contribution in [0.3, 0.4) is 0 Å². The molecule has 0 saturated heterocycles. The average molecular weight is 417 g/mol. The fraction of sp³-hybridized carbons (Fsp3) is 0.211. The molecule has 4 rings (SSSR count). The van der Waals surface area contributed by atoms with Gasteiger partial charge in [0.1, 0.15) is 0 Å². The first-order valence-corrected chi connectivity index (χ1v) is 10.9. The molecule has 2 heterocycles. The fourth-order valence-corrected chi connectivity index (χ4v) is 3.85. The lowest BCUT2D eigenvalue weighted by atomic mass is 10.0. The van der Waals surface area contributed by atoms with Gasteiger partial charge in [-0.25, -0.2) is 13.1 Å². The number of benzene rings is 1. The summed E-state index contributed by atoms with van der Waals surface area (Å²) < 4.78 is 26.5. The fourth-order valence-electron chi connectivity index (χ4n) is 3.21. The van der Waals surface area contributed by atoms with Crippen molar-refractivity contribution >= 4 is 27.5 Å². The molecule has 3 aromatic rings. The van der Waals surface area contributed by atoms with Crippen LogP contribution in [0, 0.1) is 5.92 Å². The van der Waals surface area contributed by atoms with Crippen molar-refractivity contribution in [3.63, 3.8) is 0 Å². The predicted octanol–water partition coefficient (Wildman–Crippen LogP) is 2.77. The molecule has 1 fully saturated rings. The Morgan fingerprint density at radius 3 is 2.50 bits per heavy atom. The van der Waals surface area contributed by atoms with E-state index in [4.69, 9.17) is 16.7 Å². The smallest absolute Gasteiger partial charge is 0.237 e. The Bertz CT molecular complexity index is 1130. The monoisotopic (exact) mass is 416 g/mol. The third-order valence-corrected chi connectivity index (χ3v) is 5.42. The minimum Gasteiger partial charge on any atom is -0.274 e. The molecule has 7 nitrogen and oxygen atoms in total. The number of halogens is 1. The van der Waals surface area contributed by atoms with E-state index in [1.807, 2.05) is 30.5 Å². The van der Waals surface area contributed by atoms with Crippen LogP contribution < -0.4 is 4.72 Å². The molecule has 0 spiro atoms. The molecule has 1 aliphatic carbocycles. The van der Waals surface area contributed by atoms with E-state index in [0.717, 1.165) is 28.8 Å². The van der Waals surface area contributed by atoms with Gasteiger partial charge in [-0.15, -0.1) is 0 Å². The van der Waals surface area contributed by atoms with Gasteiger partial charge in [0.15, 0.2) is 0 Å². The average Bonchev–Trinajstić information content (AvgIpc) is 3.33. The van der Waals surface area contributed by atoms with E-state index in [2.05, 4.69) is 9.71 Å². The first-order valence-electron chi connectivity index (χ1n) is 8.59. The summed E-state index contributed by atoms with van der Waals surface area (Å²) in [6, 6.07) is 11.0. The van der Waals surface area contributed by atoms with Crippen LogP contribution >= 0.6 is 11.6 Å².